The second-order valence-electron chi connectivity index (χ2n) is 11.7. The van der Waals surface area contributed by atoms with Crippen LogP contribution in [0, 0.1) is 24.7 Å². The van der Waals surface area contributed by atoms with Gasteiger partial charge in [0.05, 0.1) is 0 Å². The van der Waals surface area contributed by atoms with E-state index < -0.39 is 0 Å². The number of thiophene rings is 1. The predicted molar refractivity (Wildman–Crippen MR) is 153 cm³/mol. The Labute approximate surface area is 213 Å². The molecule has 2 aliphatic carbocycles. The zero-order chi connectivity index (χ0) is 24.7. The number of fused-ring (bicyclic) bond motifs is 6. The minimum atomic E-state index is -0.0470. The summed E-state index contributed by atoms with van der Waals surface area (Å²) in [4.78, 5) is 1.51. The van der Waals surface area contributed by atoms with Gasteiger partial charge in [0, 0.05) is 37.1 Å². The first-order valence-corrected chi connectivity index (χ1v) is 13.4. The Kier molecular flexibility index (Phi) is 4.77. The number of terminal acetylenes is 1. The Hall–Kier alpha value is -3.08. The van der Waals surface area contributed by atoms with Gasteiger partial charge in [0.2, 0.25) is 0 Å². The zero-order valence-corrected chi connectivity index (χ0v) is 22.4. The molecule has 0 aliphatic heterocycles. The third-order valence-electron chi connectivity index (χ3n) is 8.24. The molecule has 0 amide bonds. The monoisotopic (exact) mass is 472 g/mol. The van der Waals surface area contributed by atoms with E-state index in [4.69, 9.17) is 6.42 Å². The first-order valence-electron chi connectivity index (χ1n) is 12.6. The van der Waals surface area contributed by atoms with E-state index in [0.29, 0.717) is 0 Å². The summed E-state index contributed by atoms with van der Waals surface area (Å²) in [6, 6.07) is 18.0. The number of benzene rings is 3. The number of aryl methyl sites for hydroxylation is 2. The quantitative estimate of drug-likeness (QED) is 0.242. The molecule has 1 heteroatoms. The van der Waals surface area contributed by atoms with Crippen molar-refractivity contribution in [3.63, 3.8) is 0 Å². The molecule has 174 valence electrons. The van der Waals surface area contributed by atoms with Crippen molar-refractivity contribution in [3.8, 4) is 34.6 Å². The molecule has 2 aliphatic rings. The lowest BCUT2D eigenvalue weighted by Gasteiger charge is -2.26. The largest absolute Gasteiger partial charge is 0.139 e. The van der Waals surface area contributed by atoms with E-state index in [2.05, 4.69) is 102 Å². The molecule has 0 saturated carbocycles. The van der Waals surface area contributed by atoms with Crippen LogP contribution in [0.2, 0.25) is 0 Å². The summed E-state index contributed by atoms with van der Waals surface area (Å²) in [5, 5.41) is 1.37. The van der Waals surface area contributed by atoms with Gasteiger partial charge in [-0.05, 0) is 64.6 Å². The average Bonchev–Trinajstić information content (AvgIpc) is 3.30. The number of rotatable bonds is 1. The van der Waals surface area contributed by atoms with E-state index in [-0.39, 0.29) is 10.8 Å². The van der Waals surface area contributed by atoms with Gasteiger partial charge in [0.25, 0.3) is 0 Å². The van der Waals surface area contributed by atoms with Crippen LogP contribution in [0.1, 0.15) is 73.7 Å². The van der Waals surface area contributed by atoms with Gasteiger partial charge >= 0.3 is 0 Å². The molecule has 1 aromatic heterocycles. The highest BCUT2D eigenvalue weighted by Crippen LogP contribution is 2.55. The minimum Gasteiger partial charge on any atom is -0.139 e. The SMILES string of the molecule is C#Cc1ccc2c(c1-c1c(C)ccc3c4c(sc13)CCC(C(C)(C)C)=C4)-c1ccccc1C2(C)C. The summed E-state index contributed by atoms with van der Waals surface area (Å²) in [6.07, 6.45) is 10.9. The lowest BCUT2D eigenvalue weighted by Crippen LogP contribution is -2.15. The molecular weight excluding hydrogens is 440 g/mol. The van der Waals surface area contributed by atoms with Crippen LogP contribution in [-0.4, -0.2) is 0 Å². The number of hydrogen-bond donors (Lipinski definition) is 0. The third-order valence-corrected chi connectivity index (χ3v) is 9.54. The van der Waals surface area contributed by atoms with Crippen LogP contribution in [0.3, 0.4) is 0 Å². The fraction of sp³-hybridized carbons (Fsp3) is 0.294. The molecule has 0 radical (unpaired) electrons. The standard InChI is InChI=1S/C34H32S/c1-8-21-14-17-27-31(24-11-9-10-12-26(24)34(27,6)7)30(21)29-20(2)13-16-23-25-19-22(33(3,4)5)15-18-28(25)35-32(23)29/h1,9-14,16-17,19H,15,18H2,2-7H3. The lowest BCUT2D eigenvalue weighted by molar-refractivity contribution is 0.485. The van der Waals surface area contributed by atoms with Crippen molar-refractivity contribution >= 4 is 27.5 Å². The Bertz CT molecular complexity index is 1610. The molecule has 0 N–H and O–H groups in total. The first-order chi connectivity index (χ1) is 16.6. The molecule has 0 unspecified atom stereocenters. The topological polar surface area (TPSA) is 0 Å². The van der Waals surface area contributed by atoms with E-state index in [9.17, 15) is 0 Å². The van der Waals surface area contributed by atoms with E-state index >= 15 is 0 Å². The van der Waals surface area contributed by atoms with Crippen molar-refractivity contribution in [1.82, 2.24) is 0 Å². The van der Waals surface area contributed by atoms with E-state index in [1.165, 1.54) is 59.5 Å². The fourth-order valence-corrected chi connectivity index (χ4v) is 7.63. The smallest absolute Gasteiger partial charge is 0.0433 e. The molecule has 0 spiro atoms. The van der Waals surface area contributed by atoms with Gasteiger partial charge in [0.15, 0.2) is 0 Å². The lowest BCUT2D eigenvalue weighted by atomic mass is 9.79. The summed E-state index contributed by atoms with van der Waals surface area (Å²) in [6.45, 7) is 13.9. The molecule has 0 bridgehead atoms. The molecular formula is C34H32S. The maximum atomic E-state index is 6.17. The molecule has 35 heavy (non-hydrogen) atoms. The molecule has 4 aromatic rings. The molecule has 6 rings (SSSR count). The van der Waals surface area contributed by atoms with Gasteiger partial charge in [-0.3, -0.25) is 0 Å². The van der Waals surface area contributed by atoms with Crippen molar-refractivity contribution in [2.45, 2.75) is 59.8 Å². The van der Waals surface area contributed by atoms with Crippen molar-refractivity contribution in [3.05, 3.63) is 86.8 Å². The van der Waals surface area contributed by atoms with Gasteiger partial charge in [-0.2, -0.15) is 0 Å². The second-order valence-corrected chi connectivity index (χ2v) is 12.8. The van der Waals surface area contributed by atoms with Gasteiger partial charge in [0.1, 0.15) is 0 Å². The number of allylic oxidation sites excluding steroid dienone is 1. The normalized spacial score (nSPS) is 15.9. The van der Waals surface area contributed by atoms with Gasteiger partial charge in [-0.15, -0.1) is 17.8 Å². The van der Waals surface area contributed by atoms with E-state index in [1.807, 2.05) is 11.3 Å². The highest BCUT2D eigenvalue weighted by atomic mass is 32.1. The van der Waals surface area contributed by atoms with Crippen LogP contribution in [0.25, 0.3) is 38.4 Å². The minimum absolute atomic E-state index is 0.0470. The molecule has 0 fully saturated rings. The molecule has 0 nitrogen and oxygen atoms in total. The van der Waals surface area contributed by atoms with Crippen LogP contribution in [-0.2, 0) is 11.8 Å². The van der Waals surface area contributed by atoms with Crippen molar-refractivity contribution in [1.29, 1.82) is 0 Å². The van der Waals surface area contributed by atoms with Crippen LogP contribution < -0.4 is 0 Å². The summed E-state index contributed by atoms with van der Waals surface area (Å²) in [5.74, 6) is 3.06. The van der Waals surface area contributed by atoms with Crippen molar-refractivity contribution in [2.75, 3.05) is 0 Å². The Morgan fingerprint density at radius 1 is 0.886 bits per heavy atom. The van der Waals surface area contributed by atoms with E-state index in [1.54, 1.807) is 5.57 Å². The second kappa shape index (κ2) is 7.46. The Morgan fingerprint density at radius 3 is 2.40 bits per heavy atom. The third kappa shape index (κ3) is 3.13. The van der Waals surface area contributed by atoms with Gasteiger partial charge in [-0.25, -0.2) is 0 Å². The fourth-order valence-electron chi connectivity index (χ4n) is 6.24. The van der Waals surface area contributed by atoms with Gasteiger partial charge in [-0.1, -0.05) is 94.7 Å². The molecule has 1 heterocycles. The summed E-state index contributed by atoms with van der Waals surface area (Å²) in [7, 11) is 0. The zero-order valence-electron chi connectivity index (χ0n) is 21.6. The Balaban J connectivity index is 1.72. The molecule has 0 saturated heterocycles. The maximum absolute atomic E-state index is 6.17. The van der Waals surface area contributed by atoms with Gasteiger partial charge < -0.3 is 0 Å². The summed E-state index contributed by atoms with van der Waals surface area (Å²) < 4.78 is 1.38. The predicted octanol–water partition coefficient (Wildman–Crippen LogP) is 9.54. The molecule has 0 atom stereocenters. The number of hydrogen-bond acceptors (Lipinski definition) is 1. The van der Waals surface area contributed by atoms with E-state index in [0.717, 1.165) is 18.4 Å². The maximum Gasteiger partial charge on any atom is 0.0433 e. The first kappa shape index (κ1) is 22.4. The van der Waals surface area contributed by atoms with Crippen LogP contribution in [0.5, 0.6) is 0 Å². The summed E-state index contributed by atoms with van der Waals surface area (Å²) in [5.41, 5.74) is 13.4. The van der Waals surface area contributed by atoms with Crippen LogP contribution in [0.15, 0.2) is 54.1 Å². The Morgan fingerprint density at radius 2 is 1.66 bits per heavy atom. The average molecular weight is 473 g/mol. The van der Waals surface area contributed by atoms with Crippen LogP contribution in [0.4, 0.5) is 0 Å². The molecule has 3 aromatic carbocycles. The highest BCUT2D eigenvalue weighted by Gasteiger charge is 2.38. The summed E-state index contributed by atoms with van der Waals surface area (Å²) >= 11 is 1.98. The highest BCUT2D eigenvalue weighted by molar-refractivity contribution is 7.20. The van der Waals surface area contributed by atoms with Crippen molar-refractivity contribution in [2.24, 2.45) is 5.41 Å². The van der Waals surface area contributed by atoms with Crippen LogP contribution >= 0.6 is 11.3 Å². The van der Waals surface area contributed by atoms with Crippen molar-refractivity contribution < 1.29 is 0 Å².